The van der Waals surface area contributed by atoms with Crippen LogP contribution in [0.5, 0.6) is 0 Å². The number of rotatable bonds is 5. The van der Waals surface area contributed by atoms with Gasteiger partial charge in [0.15, 0.2) is 0 Å². The van der Waals surface area contributed by atoms with Crippen LogP contribution in [-0.4, -0.2) is 61.7 Å². The maximum Gasteiger partial charge on any atom is 0.0967 e. The lowest BCUT2D eigenvalue weighted by atomic mass is 10.2. The van der Waals surface area contributed by atoms with Gasteiger partial charge in [0.1, 0.15) is 0 Å². The van der Waals surface area contributed by atoms with E-state index in [9.17, 15) is 0 Å². The van der Waals surface area contributed by atoms with E-state index >= 15 is 0 Å². The molecule has 17 heavy (non-hydrogen) atoms. The van der Waals surface area contributed by atoms with Gasteiger partial charge in [-0.1, -0.05) is 0 Å². The summed E-state index contributed by atoms with van der Waals surface area (Å²) in [4.78, 5) is 4.87. The predicted molar refractivity (Wildman–Crippen MR) is 70.8 cm³/mol. The highest BCUT2D eigenvalue weighted by molar-refractivity contribution is 4.91. The Balaban J connectivity index is 2.26. The van der Waals surface area contributed by atoms with Crippen LogP contribution in [0.15, 0.2) is 0 Å². The molecule has 4 nitrogen and oxygen atoms in total. The van der Waals surface area contributed by atoms with Gasteiger partial charge in [0.2, 0.25) is 0 Å². The lowest BCUT2D eigenvalue weighted by Gasteiger charge is -2.22. The largest absolute Gasteiger partial charge is 0.305 e. The molecule has 0 radical (unpaired) electrons. The first kappa shape index (κ1) is 14.4. The second kappa shape index (κ2) is 7.65. The molecule has 1 heterocycles. The summed E-state index contributed by atoms with van der Waals surface area (Å²) in [6, 6.07) is 2.73. The molecule has 0 spiro atoms. The topological polar surface area (TPSA) is 42.3 Å². The van der Waals surface area contributed by atoms with E-state index in [1.165, 1.54) is 19.5 Å². The van der Waals surface area contributed by atoms with E-state index in [2.05, 4.69) is 42.1 Å². The SMILES string of the molecule is CC(C)NC(C#N)CCN1CCCN(C)CC1. The number of nitrogens with zero attached hydrogens (tertiary/aromatic N) is 3. The Kier molecular flexibility index (Phi) is 6.49. The average Bonchev–Trinajstić information content (AvgIpc) is 2.49. The Morgan fingerprint density at radius 3 is 2.65 bits per heavy atom. The molecule has 1 fully saturated rings. The van der Waals surface area contributed by atoms with Crippen LogP contribution in [0.25, 0.3) is 0 Å². The highest BCUT2D eigenvalue weighted by atomic mass is 15.2. The fourth-order valence-corrected chi connectivity index (χ4v) is 2.22. The lowest BCUT2D eigenvalue weighted by Crippen LogP contribution is -2.38. The smallest absolute Gasteiger partial charge is 0.0967 e. The zero-order valence-corrected chi connectivity index (χ0v) is 11.4. The van der Waals surface area contributed by atoms with Gasteiger partial charge < -0.3 is 9.80 Å². The van der Waals surface area contributed by atoms with Crippen LogP contribution in [0, 0.1) is 11.3 Å². The van der Waals surface area contributed by atoms with E-state index in [4.69, 9.17) is 5.26 Å². The van der Waals surface area contributed by atoms with Gasteiger partial charge in [-0.2, -0.15) is 5.26 Å². The van der Waals surface area contributed by atoms with Crippen molar-refractivity contribution in [2.75, 3.05) is 39.8 Å². The molecule has 1 unspecified atom stereocenters. The van der Waals surface area contributed by atoms with Gasteiger partial charge in [-0.3, -0.25) is 5.32 Å². The van der Waals surface area contributed by atoms with Crippen LogP contribution in [-0.2, 0) is 0 Å². The molecule has 1 N–H and O–H groups in total. The van der Waals surface area contributed by atoms with Gasteiger partial charge in [-0.05, 0) is 46.8 Å². The zero-order chi connectivity index (χ0) is 12.7. The summed E-state index contributed by atoms with van der Waals surface area (Å²) >= 11 is 0. The molecule has 1 atom stereocenters. The maximum absolute atomic E-state index is 9.06. The summed E-state index contributed by atoms with van der Waals surface area (Å²) in [5.41, 5.74) is 0. The van der Waals surface area contributed by atoms with Crippen molar-refractivity contribution < 1.29 is 0 Å². The summed E-state index contributed by atoms with van der Waals surface area (Å²) in [5.74, 6) is 0. The normalized spacial score (nSPS) is 21.1. The minimum atomic E-state index is -0.00372. The lowest BCUT2D eigenvalue weighted by molar-refractivity contribution is 0.265. The molecule has 0 amide bonds. The maximum atomic E-state index is 9.06. The van der Waals surface area contributed by atoms with Crippen LogP contribution in [0.1, 0.15) is 26.7 Å². The van der Waals surface area contributed by atoms with E-state index in [-0.39, 0.29) is 6.04 Å². The zero-order valence-electron chi connectivity index (χ0n) is 11.4. The summed E-state index contributed by atoms with van der Waals surface area (Å²) in [5, 5.41) is 12.4. The molecule has 0 aromatic heterocycles. The standard InChI is InChI=1S/C13H26N4/c1-12(2)15-13(11-14)5-8-17-7-4-6-16(3)9-10-17/h12-13,15H,4-10H2,1-3H3. The van der Waals surface area contributed by atoms with Crippen LogP contribution < -0.4 is 5.32 Å². The second-order valence-electron chi connectivity index (χ2n) is 5.29. The predicted octanol–water partition coefficient (Wildman–Crippen LogP) is 0.904. The Morgan fingerprint density at radius 2 is 2.00 bits per heavy atom. The van der Waals surface area contributed by atoms with E-state index in [1.807, 2.05) is 0 Å². The second-order valence-corrected chi connectivity index (χ2v) is 5.29. The highest BCUT2D eigenvalue weighted by Crippen LogP contribution is 2.03. The summed E-state index contributed by atoms with van der Waals surface area (Å²) in [6.45, 7) is 9.86. The van der Waals surface area contributed by atoms with Gasteiger partial charge in [0.05, 0.1) is 12.1 Å². The fourth-order valence-electron chi connectivity index (χ4n) is 2.22. The van der Waals surface area contributed by atoms with Crippen molar-refractivity contribution in [1.82, 2.24) is 15.1 Å². The molecule has 1 aliphatic rings. The number of hydrogen-bond donors (Lipinski definition) is 1. The number of nitrogens with one attached hydrogen (secondary N) is 1. The van der Waals surface area contributed by atoms with Crippen molar-refractivity contribution in [2.24, 2.45) is 0 Å². The number of likely N-dealkylation sites (N-methyl/N-ethyl adjacent to an activating group) is 1. The molecule has 1 aliphatic heterocycles. The molecule has 1 rings (SSSR count). The molecule has 0 aromatic rings. The third-order valence-electron chi connectivity index (χ3n) is 3.24. The third-order valence-corrected chi connectivity index (χ3v) is 3.24. The van der Waals surface area contributed by atoms with Gasteiger partial charge in [0.25, 0.3) is 0 Å². The van der Waals surface area contributed by atoms with Crippen molar-refractivity contribution in [3.05, 3.63) is 0 Å². The van der Waals surface area contributed by atoms with Crippen molar-refractivity contribution in [1.29, 1.82) is 5.26 Å². The summed E-state index contributed by atoms with van der Waals surface area (Å²) in [7, 11) is 2.18. The van der Waals surface area contributed by atoms with Crippen LogP contribution in [0.2, 0.25) is 0 Å². The van der Waals surface area contributed by atoms with Crippen molar-refractivity contribution in [3.63, 3.8) is 0 Å². The Labute approximate surface area is 106 Å². The quantitative estimate of drug-likeness (QED) is 0.773. The number of nitriles is 1. The molecule has 0 aromatic carbocycles. The monoisotopic (exact) mass is 238 g/mol. The summed E-state index contributed by atoms with van der Waals surface area (Å²) in [6.07, 6.45) is 2.17. The molecule has 0 bridgehead atoms. The average molecular weight is 238 g/mol. The first-order chi connectivity index (χ1) is 8.11. The van der Waals surface area contributed by atoms with Crippen molar-refractivity contribution in [3.8, 4) is 6.07 Å². The Bertz CT molecular complexity index is 246. The van der Waals surface area contributed by atoms with Crippen molar-refractivity contribution >= 4 is 0 Å². The molecule has 0 saturated carbocycles. The van der Waals surface area contributed by atoms with Gasteiger partial charge in [0, 0.05) is 25.7 Å². The van der Waals surface area contributed by atoms with Gasteiger partial charge >= 0.3 is 0 Å². The van der Waals surface area contributed by atoms with E-state index in [1.54, 1.807) is 0 Å². The highest BCUT2D eigenvalue weighted by Gasteiger charge is 2.14. The molecular weight excluding hydrogens is 212 g/mol. The third kappa shape index (κ3) is 6.02. The fraction of sp³-hybridized carbons (Fsp3) is 0.923. The van der Waals surface area contributed by atoms with E-state index < -0.39 is 0 Å². The van der Waals surface area contributed by atoms with Gasteiger partial charge in [-0.25, -0.2) is 0 Å². The van der Waals surface area contributed by atoms with Crippen LogP contribution in [0.4, 0.5) is 0 Å². The molecular formula is C13H26N4. The minimum Gasteiger partial charge on any atom is -0.305 e. The Morgan fingerprint density at radius 1 is 1.24 bits per heavy atom. The molecule has 0 aliphatic carbocycles. The molecule has 98 valence electrons. The number of hydrogen-bond acceptors (Lipinski definition) is 4. The minimum absolute atomic E-state index is 0.00372. The first-order valence-electron chi connectivity index (χ1n) is 6.68. The van der Waals surface area contributed by atoms with Crippen LogP contribution >= 0.6 is 0 Å². The Hall–Kier alpha value is -0.630. The summed E-state index contributed by atoms with van der Waals surface area (Å²) < 4.78 is 0. The molecule has 4 heteroatoms. The van der Waals surface area contributed by atoms with E-state index in [0.717, 1.165) is 26.1 Å². The van der Waals surface area contributed by atoms with Crippen LogP contribution in [0.3, 0.4) is 0 Å². The van der Waals surface area contributed by atoms with Gasteiger partial charge in [-0.15, -0.1) is 0 Å². The van der Waals surface area contributed by atoms with E-state index in [0.29, 0.717) is 6.04 Å². The van der Waals surface area contributed by atoms with Crippen molar-refractivity contribution in [2.45, 2.75) is 38.8 Å². The first-order valence-corrected chi connectivity index (χ1v) is 6.68. The molecule has 1 saturated heterocycles.